The lowest BCUT2D eigenvalue weighted by Crippen LogP contribution is -2.45. The van der Waals surface area contributed by atoms with E-state index < -0.39 is 0 Å². The summed E-state index contributed by atoms with van der Waals surface area (Å²) in [6.07, 6.45) is 5.00. The van der Waals surface area contributed by atoms with E-state index in [2.05, 4.69) is 31.7 Å². The summed E-state index contributed by atoms with van der Waals surface area (Å²) in [6.45, 7) is 6.01. The lowest BCUT2D eigenvalue weighted by molar-refractivity contribution is 0.310. The highest BCUT2D eigenvalue weighted by atomic mass is 16.5. The highest BCUT2D eigenvalue weighted by Gasteiger charge is 2.21. The normalized spacial score (nSPS) is 20.8. The van der Waals surface area contributed by atoms with Gasteiger partial charge >= 0.3 is 6.01 Å². The van der Waals surface area contributed by atoms with Gasteiger partial charge in [0.2, 0.25) is 11.9 Å². The third-order valence-electron chi connectivity index (χ3n) is 4.45. The van der Waals surface area contributed by atoms with Gasteiger partial charge in [0, 0.05) is 39.3 Å². The van der Waals surface area contributed by atoms with Crippen LogP contribution in [0.25, 0.3) is 0 Å². The van der Waals surface area contributed by atoms with Crippen molar-refractivity contribution in [3.63, 3.8) is 0 Å². The summed E-state index contributed by atoms with van der Waals surface area (Å²) in [7, 11) is 3.77. The first kappa shape index (κ1) is 15.3. The maximum absolute atomic E-state index is 5.30. The molecule has 0 spiro atoms. The number of hydrogen-bond acceptors (Lipinski definition) is 7. The van der Waals surface area contributed by atoms with Gasteiger partial charge in [0.05, 0.1) is 7.11 Å². The van der Waals surface area contributed by atoms with E-state index in [1.165, 1.54) is 25.7 Å². The van der Waals surface area contributed by atoms with Crippen molar-refractivity contribution in [2.45, 2.75) is 25.7 Å². The number of rotatable bonds is 3. The fourth-order valence-corrected chi connectivity index (χ4v) is 2.99. The molecule has 22 heavy (non-hydrogen) atoms. The molecule has 0 aliphatic carbocycles. The van der Waals surface area contributed by atoms with Crippen LogP contribution in [0.1, 0.15) is 25.7 Å². The molecule has 1 aromatic rings. The van der Waals surface area contributed by atoms with Crippen molar-refractivity contribution in [3.05, 3.63) is 0 Å². The van der Waals surface area contributed by atoms with E-state index in [-0.39, 0.29) is 0 Å². The Morgan fingerprint density at radius 1 is 0.727 bits per heavy atom. The molecule has 0 unspecified atom stereocenters. The minimum Gasteiger partial charge on any atom is -0.467 e. The number of methoxy groups -OCH3 is 1. The molecule has 2 aliphatic rings. The van der Waals surface area contributed by atoms with Crippen LogP contribution in [-0.4, -0.2) is 73.3 Å². The summed E-state index contributed by atoms with van der Waals surface area (Å²) >= 11 is 0. The van der Waals surface area contributed by atoms with E-state index in [0.29, 0.717) is 6.01 Å². The smallest absolute Gasteiger partial charge is 0.322 e. The Hall–Kier alpha value is -1.63. The fourth-order valence-electron chi connectivity index (χ4n) is 2.99. The molecule has 1 aromatic heterocycles. The monoisotopic (exact) mass is 306 g/mol. The average Bonchev–Trinajstić information content (AvgIpc) is 2.84. The van der Waals surface area contributed by atoms with Crippen LogP contribution >= 0.6 is 0 Å². The molecule has 0 N–H and O–H groups in total. The van der Waals surface area contributed by atoms with Crippen molar-refractivity contribution in [1.82, 2.24) is 19.9 Å². The van der Waals surface area contributed by atoms with Crippen LogP contribution in [0, 0.1) is 0 Å². The second kappa shape index (κ2) is 7.09. The Balaban J connectivity index is 1.82. The van der Waals surface area contributed by atoms with Crippen LogP contribution in [0.5, 0.6) is 6.01 Å². The topological polar surface area (TPSA) is 57.6 Å². The Labute approximate surface area is 132 Å². The number of aromatic nitrogens is 3. The zero-order valence-electron chi connectivity index (χ0n) is 13.7. The third-order valence-corrected chi connectivity index (χ3v) is 4.45. The summed E-state index contributed by atoms with van der Waals surface area (Å²) in [4.78, 5) is 20.5. The number of piperazine rings is 1. The minimum absolute atomic E-state index is 0.420. The van der Waals surface area contributed by atoms with Gasteiger partial charge in [-0.1, -0.05) is 12.8 Å². The summed E-state index contributed by atoms with van der Waals surface area (Å²) in [5.41, 5.74) is 0. The molecule has 0 bridgehead atoms. The van der Waals surface area contributed by atoms with Crippen molar-refractivity contribution in [2.24, 2.45) is 0 Å². The Morgan fingerprint density at radius 3 is 1.82 bits per heavy atom. The Kier molecular flexibility index (Phi) is 4.92. The van der Waals surface area contributed by atoms with Crippen LogP contribution in [-0.2, 0) is 0 Å². The first-order valence-electron chi connectivity index (χ1n) is 8.25. The third kappa shape index (κ3) is 3.58. The molecule has 2 fully saturated rings. The highest BCUT2D eigenvalue weighted by Crippen LogP contribution is 2.21. The molecule has 7 nitrogen and oxygen atoms in total. The number of hydrogen-bond donors (Lipinski definition) is 0. The van der Waals surface area contributed by atoms with E-state index in [9.17, 15) is 0 Å². The van der Waals surface area contributed by atoms with Crippen LogP contribution in [0.4, 0.5) is 11.9 Å². The van der Waals surface area contributed by atoms with E-state index in [4.69, 9.17) is 9.72 Å². The molecule has 0 amide bonds. The number of ether oxygens (including phenoxy) is 1. The number of likely N-dealkylation sites (N-methyl/N-ethyl adjacent to an activating group) is 1. The highest BCUT2D eigenvalue weighted by molar-refractivity contribution is 5.41. The predicted octanol–water partition coefficient (Wildman–Crippen LogP) is 1.01. The Bertz CT molecular complexity index is 481. The summed E-state index contributed by atoms with van der Waals surface area (Å²) in [6, 6.07) is 0.420. The maximum atomic E-state index is 5.30. The van der Waals surface area contributed by atoms with Gasteiger partial charge in [-0.25, -0.2) is 0 Å². The second-order valence-corrected chi connectivity index (χ2v) is 6.11. The van der Waals surface area contributed by atoms with Gasteiger partial charge in [-0.2, -0.15) is 15.0 Å². The summed E-state index contributed by atoms with van der Waals surface area (Å²) in [5, 5.41) is 0. The van der Waals surface area contributed by atoms with Crippen molar-refractivity contribution in [3.8, 4) is 6.01 Å². The van der Waals surface area contributed by atoms with Gasteiger partial charge in [0.15, 0.2) is 0 Å². The molecule has 2 saturated heterocycles. The van der Waals surface area contributed by atoms with Crippen LogP contribution < -0.4 is 14.5 Å². The first-order chi connectivity index (χ1) is 10.8. The largest absolute Gasteiger partial charge is 0.467 e. The molecule has 122 valence electrons. The second-order valence-electron chi connectivity index (χ2n) is 6.11. The molecule has 0 aromatic carbocycles. The van der Waals surface area contributed by atoms with E-state index in [0.717, 1.165) is 51.2 Å². The zero-order valence-corrected chi connectivity index (χ0v) is 13.7. The zero-order chi connectivity index (χ0) is 15.4. The minimum atomic E-state index is 0.420. The average molecular weight is 306 g/mol. The lowest BCUT2D eigenvalue weighted by Gasteiger charge is -2.32. The van der Waals surface area contributed by atoms with Crippen molar-refractivity contribution in [2.75, 3.05) is 63.2 Å². The van der Waals surface area contributed by atoms with Crippen molar-refractivity contribution < 1.29 is 4.74 Å². The van der Waals surface area contributed by atoms with Crippen molar-refractivity contribution >= 4 is 11.9 Å². The van der Waals surface area contributed by atoms with Gasteiger partial charge in [0.25, 0.3) is 0 Å². The standard InChI is InChI=1S/C15H26N6O/c1-19-9-11-21(12-10-19)14-16-13(17-15(18-14)22-2)20-7-5-3-4-6-8-20/h3-12H2,1-2H3. The molecular weight excluding hydrogens is 280 g/mol. The summed E-state index contributed by atoms with van der Waals surface area (Å²) in [5.74, 6) is 1.52. The lowest BCUT2D eigenvalue weighted by atomic mass is 10.2. The molecule has 2 aliphatic heterocycles. The van der Waals surface area contributed by atoms with Gasteiger partial charge in [-0.15, -0.1) is 0 Å². The quantitative estimate of drug-likeness (QED) is 0.826. The van der Waals surface area contributed by atoms with E-state index >= 15 is 0 Å². The SMILES string of the molecule is COc1nc(N2CCCCCC2)nc(N2CCN(C)CC2)n1. The molecule has 3 rings (SSSR count). The molecular formula is C15H26N6O. The van der Waals surface area contributed by atoms with Crippen molar-refractivity contribution in [1.29, 1.82) is 0 Å². The summed E-state index contributed by atoms with van der Waals surface area (Å²) < 4.78 is 5.30. The fraction of sp³-hybridized carbons (Fsp3) is 0.800. The number of anilines is 2. The molecule has 3 heterocycles. The van der Waals surface area contributed by atoms with Gasteiger partial charge in [0.1, 0.15) is 0 Å². The molecule has 7 heteroatoms. The van der Waals surface area contributed by atoms with E-state index in [1.54, 1.807) is 7.11 Å². The Morgan fingerprint density at radius 2 is 1.27 bits per heavy atom. The number of nitrogens with zero attached hydrogens (tertiary/aromatic N) is 6. The molecule has 0 saturated carbocycles. The predicted molar refractivity (Wildman–Crippen MR) is 86.8 cm³/mol. The molecule has 0 atom stereocenters. The van der Waals surface area contributed by atoms with Gasteiger partial charge in [-0.05, 0) is 19.9 Å². The van der Waals surface area contributed by atoms with E-state index in [1.807, 2.05) is 0 Å². The first-order valence-corrected chi connectivity index (χ1v) is 8.25. The van der Waals surface area contributed by atoms with Gasteiger partial charge < -0.3 is 19.4 Å². The molecule has 0 radical (unpaired) electrons. The maximum Gasteiger partial charge on any atom is 0.322 e. The van der Waals surface area contributed by atoms with Crippen LogP contribution in [0.2, 0.25) is 0 Å². The van der Waals surface area contributed by atoms with Crippen LogP contribution in [0.15, 0.2) is 0 Å². The van der Waals surface area contributed by atoms with Crippen LogP contribution in [0.3, 0.4) is 0 Å². The van der Waals surface area contributed by atoms with Gasteiger partial charge in [-0.3, -0.25) is 0 Å².